The van der Waals surface area contributed by atoms with Crippen molar-refractivity contribution in [2.75, 3.05) is 50.5 Å². The molecule has 0 amide bonds. The van der Waals surface area contributed by atoms with Crippen LogP contribution in [0.4, 0.5) is 5.82 Å². The van der Waals surface area contributed by atoms with Crippen LogP contribution >= 0.6 is 11.8 Å². The Bertz CT molecular complexity index is 684. The Hall–Kier alpha value is -1.79. The maximum atomic E-state index is 5.25. The van der Waals surface area contributed by atoms with E-state index >= 15 is 0 Å². The molecule has 1 saturated heterocycles. The topological polar surface area (TPSA) is 41.5 Å². The van der Waals surface area contributed by atoms with Crippen LogP contribution < -0.4 is 9.64 Å². The van der Waals surface area contributed by atoms with Crippen LogP contribution in [0.1, 0.15) is 13.8 Å². The number of piperazine rings is 1. The third kappa shape index (κ3) is 4.44. The highest BCUT2D eigenvalue weighted by Gasteiger charge is 2.18. The van der Waals surface area contributed by atoms with E-state index in [1.54, 1.807) is 18.9 Å². The Morgan fingerprint density at radius 1 is 1.04 bits per heavy atom. The molecule has 1 aromatic heterocycles. The van der Waals surface area contributed by atoms with Gasteiger partial charge >= 0.3 is 0 Å². The van der Waals surface area contributed by atoms with Crippen molar-refractivity contribution in [2.45, 2.75) is 18.9 Å². The quantitative estimate of drug-likeness (QED) is 0.582. The fraction of sp³-hybridized carbons (Fsp3) is 0.474. The SMILES string of the molecule is CCSc1cc(N2CCN(CC)CC2)nc(-c2ccc(OC)cc2)n1. The predicted octanol–water partition coefficient (Wildman–Crippen LogP) is 3.41. The monoisotopic (exact) mass is 358 g/mol. The van der Waals surface area contributed by atoms with Crippen LogP contribution in [0, 0.1) is 0 Å². The van der Waals surface area contributed by atoms with Gasteiger partial charge < -0.3 is 14.5 Å². The first kappa shape index (κ1) is 18.0. The zero-order valence-corrected chi connectivity index (χ0v) is 16.1. The standard InChI is InChI=1S/C19H26N4OS/c1-4-22-10-12-23(13-11-22)17-14-18(25-5-2)21-19(20-17)15-6-8-16(24-3)9-7-15/h6-9,14H,4-5,10-13H2,1-3H3. The van der Waals surface area contributed by atoms with Crippen molar-refractivity contribution in [3.05, 3.63) is 30.3 Å². The largest absolute Gasteiger partial charge is 0.497 e. The van der Waals surface area contributed by atoms with Crippen molar-refractivity contribution in [3.8, 4) is 17.1 Å². The lowest BCUT2D eigenvalue weighted by Gasteiger charge is -2.35. The lowest BCUT2D eigenvalue weighted by Crippen LogP contribution is -2.46. The van der Waals surface area contributed by atoms with Gasteiger partial charge in [0.15, 0.2) is 5.82 Å². The van der Waals surface area contributed by atoms with Crippen molar-refractivity contribution in [2.24, 2.45) is 0 Å². The minimum absolute atomic E-state index is 0.786. The predicted molar refractivity (Wildman–Crippen MR) is 105 cm³/mol. The first-order chi connectivity index (χ1) is 12.2. The summed E-state index contributed by atoms with van der Waals surface area (Å²) in [5.74, 6) is 3.67. The molecular weight excluding hydrogens is 332 g/mol. The Morgan fingerprint density at radius 2 is 1.76 bits per heavy atom. The van der Waals surface area contributed by atoms with Crippen molar-refractivity contribution in [1.29, 1.82) is 0 Å². The molecule has 1 aliphatic heterocycles. The molecule has 2 heterocycles. The van der Waals surface area contributed by atoms with Crippen molar-refractivity contribution in [1.82, 2.24) is 14.9 Å². The normalized spacial score (nSPS) is 15.4. The lowest BCUT2D eigenvalue weighted by atomic mass is 10.2. The van der Waals surface area contributed by atoms with Gasteiger partial charge in [-0.05, 0) is 36.6 Å². The van der Waals surface area contributed by atoms with Crippen LogP contribution in [-0.2, 0) is 0 Å². The number of anilines is 1. The first-order valence-corrected chi connectivity index (χ1v) is 9.85. The summed E-state index contributed by atoms with van der Waals surface area (Å²) in [6.45, 7) is 9.71. The highest BCUT2D eigenvalue weighted by atomic mass is 32.2. The van der Waals surface area contributed by atoms with Gasteiger partial charge in [0.05, 0.1) is 7.11 Å². The second-order valence-corrected chi connectivity index (χ2v) is 7.26. The van der Waals surface area contributed by atoms with E-state index in [0.717, 1.165) is 66.5 Å². The number of hydrogen-bond acceptors (Lipinski definition) is 6. The van der Waals surface area contributed by atoms with Gasteiger partial charge in [-0.3, -0.25) is 0 Å². The van der Waals surface area contributed by atoms with E-state index in [4.69, 9.17) is 14.7 Å². The van der Waals surface area contributed by atoms with E-state index in [0.29, 0.717) is 0 Å². The van der Waals surface area contributed by atoms with Crippen molar-refractivity contribution < 1.29 is 4.74 Å². The zero-order valence-electron chi connectivity index (χ0n) is 15.2. The molecule has 2 aromatic rings. The molecule has 1 fully saturated rings. The summed E-state index contributed by atoms with van der Waals surface area (Å²) in [4.78, 5) is 14.5. The van der Waals surface area contributed by atoms with Gasteiger partial charge in [0.1, 0.15) is 16.6 Å². The highest BCUT2D eigenvalue weighted by Crippen LogP contribution is 2.27. The summed E-state index contributed by atoms with van der Waals surface area (Å²) in [5, 5.41) is 1.04. The van der Waals surface area contributed by atoms with Crippen molar-refractivity contribution in [3.63, 3.8) is 0 Å². The van der Waals surface area contributed by atoms with E-state index in [9.17, 15) is 0 Å². The number of likely N-dealkylation sites (N-methyl/N-ethyl adjacent to an activating group) is 1. The third-order valence-corrected chi connectivity index (χ3v) is 5.27. The number of benzene rings is 1. The summed E-state index contributed by atoms with van der Waals surface area (Å²) < 4.78 is 5.25. The molecule has 0 spiro atoms. The minimum Gasteiger partial charge on any atom is -0.497 e. The molecule has 5 nitrogen and oxygen atoms in total. The molecule has 25 heavy (non-hydrogen) atoms. The van der Waals surface area contributed by atoms with Crippen LogP contribution in [0.5, 0.6) is 5.75 Å². The molecule has 1 aliphatic rings. The zero-order chi connectivity index (χ0) is 17.6. The minimum atomic E-state index is 0.786. The molecule has 0 atom stereocenters. The van der Waals surface area contributed by atoms with E-state index in [1.807, 2.05) is 24.3 Å². The van der Waals surface area contributed by atoms with Crippen LogP contribution in [-0.4, -0.2) is 60.5 Å². The summed E-state index contributed by atoms with van der Waals surface area (Å²) in [6, 6.07) is 10.1. The van der Waals surface area contributed by atoms with E-state index < -0.39 is 0 Å². The van der Waals surface area contributed by atoms with E-state index in [-0.39, 0.29) is 0 Å². The van der Waals surface area contributed by atoms with Gasteiger partial charge in [-0.1, -0.05) is 13.8 Å². The molecule has 0 bridgehead atoms. The van der Waals surface area contributed by atoms with Crippen LogP contribution in [0.15, 0.2) is 35.4 Å². The maximum absolute atomic E-state index is 5.25. The van der Waals surface area contributed by atoms with Crippen molar-refractivity contribution >= 4 is 17.6 Å². The van der Waals surface area contributed by atoms with E-state index in [1.165, 1.54) is 0 Å². The number of thioether (sulfide) groups is 1. The van der Waals surface area contributed by atoms with Gasteiger partial charge in [-0.25, -0.2) is 9.97 Å². The van der Waals surface area contributed by atoms with Gasteiger partial charge in [0.25, 0.3) is 0 Å². The lowest BCUT2D eigenvalue weighted by molar-refractivity contribution is 0.270. The number of rotatable bonds is 6. The Morgan fingerprint density at radius 3 is 2.36 bits per heavy atom. The summed E-state index contributed by atoms with van der Waals surface area (Å²) in [6.07, 6.45) is 0. The average Bonchev–Trinajstić information content (AvgIpc) is 2.68. The van der Waals surface area contributed by atoms with Crippen LogP contribution in [0.3, 0.4) is 0 Å². The van der Waals surface area contributed by atoms with Gasteiger partial charge in [0.2, 0.25) is 0 Å². The number of ether oxygens (including phenoxy) is 1. The van der Waals surface area contributed by atoms with Crippen LogP contribution in [0.2, 0.25) is 0 Å². The molecule has 3 rings (SSSR count). The Labute approximate surface area is 154 Å². The molecule has 134 valence electrons. The molecule has 1 aromatic carbocycles. The number of hydrogen-bond donors (Lipinski definition) is 0. The summed E-state index contributed by atoms with van der Waals surface area (Å²) in [7, 11) is 1.68. The second-order valence-electron chi connectivity index (χ2n) is 5.97. The summed E-state index contributed by atoms with van der Waals surface area (Å²) >= 11 is 1.76. The van der Waals surface area contributed by atoms with Gasteiger partial charge in [-0.2, -0.15) is 0 Å². The molecule has 0 N–H and O–H groups in total. The molecule has 0 saturated carbocycles. The molecule has 0 unspecified atom stereocenters. The van der Waals surface area contributed by atoms with Crippen LogP contribution in [0.25, 0.3) is 11.4 Å². The molecule has 0 aliphatic carbocycles. The fourth-order valence-electron chi connectivity index (χ4n) is 2.96. The van der Waals surface area contributed by atoms with Gasteiger partial charge in [-0.15, -0.1) is 11.8 Å². The Kier molecular flexibility index (Phi) is 6.15. The fourth-order valence-corrected chi connectivity index (χ4v) is 3.59. The van der Waals surface area contributed by atoms with E-state index in [2.05, 4.69) is 29.7 Å². The van der Waals surface area contributed by atoms with Gasteiger partial charge in [0, 0.05) is 37.8 Å². The second kappa shape index (κ2) is 8.54. The first-order valence-electron chi connectivity index (χ1n) is 8.87. The third-order valence-electron chi connectivity index (χ3n) is 4.47. The highest BCUT2D eigenvalue weighted by molar-refractivity contribution is 7.99. The number of aromatic nitrogens is 2. The average molecular weight is 359 g/mol. The summed E-state index contributed by atoms with van der Waals surface area (Å²) in [5.41, 5.74) is 1.02. The maximum Gasteiger partial charge on any atom is 0.162 e. The number of nitrogens with zero attached hydrogens (tertiary/aromatic N) is 4. The smallest absolute Gasteiger partial charge is 0.162 e. The molecule has 6 heteroatoms. The number of methoxy groups -OCH3 is 1. The molecule has 0 radical (unpaired) electrons. The molecular formula is C19H26N4OS. The Balaban J connectivity index is 1.88.